The molecule has 0 fully saturated rings. The molecule has 0 saturated heterocycles. The molecule has 0 radical (unpaired) electrons. The molecule has 2 aromatic carbocycles. The number of carbonyl (C=O) groups excluding carboxylic acids is 1. The lowest BCUT2D eigenvalue weighted by Crippen LogP contribution is -2.43. The number of anilines is 2. The Labute approximate surface area is 150 Å². The zero-order valence-electron chi connectivity index (χ0n) is 13.6. The molecule has 0 aliphatic carbocycles. The van der Waals surface area contributed by atoms with Crippen molar-refractivity contribution in [3.8, 4) is 0 Å². The minimum Gasteiger partial charge on any atom is -0.378 e. The highest BCUT2D eigenvalue weighted by molar-refractivity contribution is 7.80. The average molecular weight is 359 g/mol. The van der Waals surface area contributed by atoms with E-state index in [0.717, 1.165) is 5.69 Å². The highest BCUT2D eigenvalue weighted by Gasteiger charge is 2.08. The Morgan fingerprint density at radius 2 is 1.80 bits per heavy atom. The second-order valence-electron chi connectivity index (χ2n) is 5.28. The van der Waals surface area contributed by atoms with Crippen molar-refractivity contribution in [2.75, 3.05) is 24.3 Å². The Bertz CT molecular complexity index is 793. The Hall–Kier alpha value is -3.20. The molecule has 0 heterocycles. The van der Waals surface area contributed by atoms with E-state index in [2.05, 4.69) is 16.2 Å². The standard InChI is InChI=1S/C16H17N5O3S/c1-20(2)13-8-6-11(7-9-13)15(22)18-19-16(25)17-12-4-3-5-14(10-12)21(23)24/h3-10H,1-2H3,(H,18,22)(H2,17,19,25). The first-order valence-corrected chi connectivity index (χ1v) is 7.67. The number of hydrogen-bond donors (Lipinski definition) is 3. The van der Waals surface area contributed by atoms with Gasteiger partial charge in [0, 0.05) is 43.2 Å². The molecule has 0 aliphatic heterocycles. The SMILES string of the molecule is CN(C)c1ccc(C(=O)NNC(=S)Nc2cccc([N+](=O)[O-])c2)cc1. The number of nitrogens with zero attached hydrogens (tertiary/aromatic N) is 2. The van der Waals surface area contributed by atoms with Crippen LogP contribution in [0, 0.1) is 10.1 Å². The van der Waals surface area contributed by atoms with Gasteiger partial charge in [0.1, 0.15) is 0 Å². The zero-order valence-corrected chi connectivity index (χ0v) is 14.5. The number of thiocarbonyl (C=S) groups is 1. The number of carbonyl (C=O) groups is 1. The van der Waals surface area contributed by atoms with Crippen molar-refractivity contribution in [2.45, 2.75) is 0 Å². The number of nitro groups is 1. The van der Waals surface area contributed by atoms with Gasteiger partial charge in [-0.3, -0.25) is 25.8 Å². The van der Waals surface area contributed by atoms with Crippen molar-refractivity contribution in [3.63, 3.8) is 0 Å². The maximum atomic E-state index is 12.1. The third-order valence-corrected chi connectivity index (χ3v) is 3.45. The molecule has 9 heteroatoms. The van der Waals surface area contributed by atoms with Gasteiger partial charge in [-0.1, -0.05) is 6.07 Å². The maximum Gasteiger partial charge on any atom is 0.271 e. The first-order chi connectivity index (χ1) is 11.9. The third-order valence-electron chi connectivity index (χ3n) is 3.25. The summed E-state index contributed by atoms with van der Waals surface area (Å²) in [5.74, 6) is -0.353. The summed E-state index contributed by atoms with van der Waals surface area (Å²) in [6, 6.07) is 12.9. The van der Waals surface area contributed by atoms with Crippen molar-refractivity contribution in [1.82, 2.24) is 10.9 Å². The van der Waals surface area contributed by atoms with Crippen LogP contribution in [-0.2, 0) is 0 Å². The molecule has 1 amide bonds. The lowest BCUT2D eigenvalue weighted by atomic mass is 10.2. The van der Waals surface area contributed by atoms with Crippen molar-refractivity contribution < 1.29 is 9.72 Å². The molecule has 3 N–H and O–H groups in total. The Morgan fingerprint density at radius 1 is 1.12 bits per heavy atom. The predicted molar refractivity (Wildman–Crippen MR) is 101 cm³/mol. The second kappa shape index (κ2) is 8.06. The van der Waals surface area contributed by atoms with Gasteiger partial charge in [-0.15, -0.1) is 0 Å². The smallest absolute Gasteiger partial charge is 0.271 e. The fourth-order valence-corrected chi connectivity index (χ4v) is 2.13. The summed E-state index contributed by atoms with van der Waals surface area (Å²) in [5, 5.41) is 13.6. The van der Waals surface area contributed by atoms with Crippen molar-refractivity contribution in [3.05, 3.63) is 64.2 Å². The van der Waals surface area contributed by atoms with Gasteiger partial charge in [0.2, 0.25) is 0 Å². The quantitative estimate of drug-likeness (QED) is 0.437. The lowest BCUT2D eigenvalue weighted by molar-refractivity contribution is -0.384. The Balaban J connectivity index is 1.90. The van der Waals surface area contributed by atoms with Crippen molar-refractivity contribution in [1.29, 1.82) is 0 Å². The molecule has 0 spiro atoms. The summed E-state index contributed by atoms with van der Waals surface area (Å²) in [4.78, 5) is 24.2. The molecule has 0 aliphatic rings. The first kappa shape index (κ1) is 18.1. The number of nitrogens with one attached hydrogen (secondary N) is 3. The van der Waals surface area contributed by atoms with Crippen LogP contribution in [0.2, 0.25) is 0 Å². The van der Waals surface area contributed by atoms with Gasteiger partial charge in [-0.05, 0) is 42.5 Å². The zero-order chi connectivity index (χ0) is 18.4. The fourth-order valence-electron chi connectivity index (χ4n) is 1.96. The molecule has 0 aromatic heterocycles. The fraction of sp³-hybridized carbons (Fsp3) is 0.125. The van der Waals surface area contributed by atoms with Gasteiger partial charge in [0.25, 0.3) is 11.6 Å². The van der Waals surface area contributed by atoms with E-state index in [-0.39, 0.29) is 16.7 Å². The van der Waals surface area contributed by atoms with Crippen LogP contribution in [0.5, 0.6) is 0 Å². The molecule has 130 valence electrons. The van der Waals surface area contributed by atoms with Crippen LogP contribution in [0.25, 0.3) is 0 Å². The third kappa shape index (κ3) is 5.15. The first-order valence-electron chi connectivity index (χ1n) is 7.26. The number of non-ortho nitro benzene ring substituents is 1. The summed E-state index contributed by atoms with van der Waals surface area (Å²) in [7, 11) is 3.82. The van der Waals surface area contributed by atoms with E-state index >= 15 is 0 Å². The minimum atomic E-state index is -0.499. The molecular formula is C16H17N5O3S. The summed E-state index contributed by atoms with van der Waals surface area (Å²) in [6.45, 7) is 0. The summed E-state index contributed by atoms with van der Waals surface area (Å²) in [5.41, 5.74) is 6.85. The van der Waals surface area contributed by atoms with E-state index in [1.165, 1.54) is 18.2 Å². The topological polar surface area (TPSA) is 99.5 Å². The van der Waals surface area contributed by atoms with Gasteiger partial charge in [-0.2, -0.15) is 0 Å². The normalized spacial score (nSPS) is 9.84. The number of nitro benzene ring substituents is 1. The average Bonchev–Trinajstić information content (AvgIpc) is 2.60. The number of rotatable bonds is 4. The van der Waals surface area contributed by atoms with Gasteiger partial charge < -0.3 is 10.2 Å². The van der Waals surface area contributed by atoms with E-state index < -0.39 is 4.92 Å². The summed E-state index contributed by atoms with van der Waals surface area (Å²) >= 11 is 5.05. The number of hydrazine groups is 1. The van der Waals surface area contributed by atoms with Crippen LogP contribution in [-0.4, -0.2) is 30.0 Å². The summed E-state index contributed by atoms with van der Waals surface area (Å²) < 4.78 is 0. The van der Waals surface area contributed by atoms with Crippen LogP contribution >= 0.6 is 12.2 Å². The van der Waals surface area contributed by atoms with Gasteiger partial charge in [-0.25, -0.2) is 0 Å². The maximum absolute atomic E-state index is 12.1. The van der Waals surface area contributed by atoms with Crippen LogP contribution in [0.3, 0.4) is 0 Å². The van der Waals surface area contributed by atoms with Crippen LogP contribution < -0.4 is 21.1 Å². The monoisotopic (exact) mass is 359 g/mol. The van der Waals surface area contributed by atoms with E-state index in [4.69, 9.17) is 12.2 Å². The van der Waals surface area contributed by atoms with Crippen molar-refractivity contribution in [2.24, 2.45) is 0 Å². The molecule has 2 rings (SSSR count). The largest absolute Gasteiger partial charge is 0.378 e. The van der Waals surface area contributed by atoms with Gasteiger partial charge in [0.05, 0.1) is 4.92 Å². The number of benzene rings is 2. The van der Waals surface area contributed by atoms with E-state index in [1.807, 2.05) is 31.1 Å². The van der Waals surface area contributed by atoms with Gasteiger partial charge in [0.15, 0.2) is 5.11 Å². The molecule has 8 nitrogen and oxygen atoms in total. The molecule has 0 atom stereocenters. The number of hydrogen-bond acceptors (Lipinski definition) is 5. The van der Waals surface area contributed by atoms with E-state index in [9.17, 15) is 14.9 Å². The Kier molecular flexibility index (Phi) is 5.85. The second-order valence-corrected chi connectivity index (χ2v) is 5.69. The van der Waals surface area contributed by atoms with Crippen LogP contribution in [0.15, 0.2) is 48.5 Å². The van der Waals surface area contributed by atoms with Crippen LogP contribution in [0.1, 0.15) is 10.4 Å². The van der Waals surface area contributed by atoms with Gasteiger partial charge >= 0.3 is 0 Å². The molecule has 0 saturated carbocycles. The summed E-state index contributed by atoms with van der Waals surface area (Å²) in [6.07, 6.45) is 0. The molecule has 25 heavy (non-hydrogen) atoms. The lowest BCUT2D eigenvalue weighted by Gasteiger charge is -2.14. The molecule has 0 bridgehead atoms. The Morgan fingerprint density at radius 3 is 2.40 bits per heavy atom. The minimum absolute atomic E-state index is 0.0576. The van der Waals surface area contributed by atoms with E-state index in [0.29, 0.717) is 11.3 Å². The van der Waals surface area contributed by atoms with Crippen LogP contribution in [0.4, 0.5) is 17.1 Å². The number of amides is 1. The highest BCUT2D eigenvalue weighted by Crippen LogP contribution is 2.16. The predicted octanol–water partition coefficient (Wildman–Crippen LogP) is 2.29. The molecular weight excluding hydrogens is 342 g/mol. The highest BCUT2D eigenvalue weighted by atomic mass is 32.1. The van der Waals surface area contributed by atoms with E-state index in [1.54, 1.807) is 18.2 Å². The molecule has 2 aromatic rings. The molecule has 0 unspecified atom stereocenters. The van der Waals surface area contributed by atoms with Crippen molar-refractivity contribution >= 4 is 40.3 Å².